The zero-order chi connectivity index (χ0) is 29.7. The topological polar surface area (TPSA) is 122 Å². The van der Waals surface area contributed by atoms with E-state index in [2.05, 4.69) is 10.9 Å². The molecule has 4 amide bonds. The number of benzene rings is 3. The van der Waals surface area contributed by atoms with Crippen molar-refractivity contribution >= 4 is 41.2 Å². The maximum atomic E-state index is 14.0. The average molecular weight is 586 g/mol. The molecule has 2 bridgehead atoms. The molecule has 3 atom stereocenters. The Hall–Kier alpha value is -4.50. The van der Waals surface area contributed by atoms with E-state index in [0.29, 0.717) is 0 Å². The van der Waals surface area contributed by atoms with Gasteiger partial charge < -0.3 is 4.74 Å². The van der Waals surface area contributed by atoms with Gasteiger partial charge >= 0.3 is 5.97 Å². The van der Waals surface area contributed by atoms with Crippen LogP contribution in [0.1, 0.15) is 58.3 Å². The third kappa shape index (κ3) is 4.36. The number of hydrogen-bond acceptors (Lipinski definition) is 6. The van der Waals surface area contributed by atoms with E-state index in [-0.39, 0.29) is 22.4 Å². The Balaban J connectivity index is 1.19. The molecule has 10 heteroatoms. The molecule has 3 aliphatic carbocycles. The lowest BCUT2D eigenvalue weighted by molar-refractivity contribution is -0.162. The zero-order valence-electron chi connectivity index (χ0n) is 22.9. The van der Waals surface area contributed by atoms with Crippen molar-refractivity contribution in [2.45, 2.75) is 31.7 Å². The molecule has 42 heavy (non-hydrogen) atoms. The van der Waals surface area contributed by atoms with Gasteiger partial charge in [-0.05, 0) is 40.3 Å². The largest absolute Gasteiger partial charge is 0.454 e. The number of nitrogens with one attached hydrogen (secondary N) is 2. The number of ether oxygens (including phenoxy) is 1. The van der Waals surface area contributed by atoms with Crippen molar-refractivity contribution in [3.05, 3.63) is 106 Å². The van der Waals surface area contributed by atoms with Gasteiger partial charge in [-0.15, -0.1) is 0 Å². The number of hydrazine groups is 1. The van der Waals surface area contributed by atoms with Gasteiger partial charge in [-0.1, -0.05) is 86.1 Å². The summed E-state index contributed by atoms with van der Waals surface area (Å²) in [6.45, 7) is 2.71. The second-order valence-corrected chi connectivity index (χ2v) is 11.5. The maximum absolute atomic E-state index is 14.0. The molecule has 1 heterocycles. The third-order valence-corrected chi connectivity index (χ3v) is 8.74. The minimum atomic E-state index is -1.22. The normalized spacial score (nSPS) is 22.2. The number of hydrogen-bond donors (Lipinski definition) is 2. The minimum Gasteiger partial charge on any atom is -0.454 e. The average Bonchev–Trinajstić information content (AvgIpc) is 3.25. The van der Waals surface area contributed by atoms with Crippen molar-refractivity contribution in [1.82, 2.24) is 15.8 Å². The number of amides is 4. The predicted molar refractivity (Wildman–Crippen MR) is 152 cm³/mol. The van der Waals surface area contributed by atoms with Crippen molar-refractivity contribution in [3.8, 4) is 0 Å². The van der Waals surface area contributed by atoms with Crippen LogP contribution in [0.3, 0.4) is 0 Å². The van der Waals surface area contributed by atoms with E-state index in [1.807, 2.05) is 48.5 Å². The number of rotatable bonds is 6. The number of carbonyl (C=O) groups excluding carboxylic acids is 5. The van der Waals surface area contributed by atoms with Gasteiger partial charge in [0.05, 0.1) is 22.4 Å². The Morgan fingerprint density at radius 3 is 1.74 bits per heavy atom. The smallest absolute Gasteiger partial charge is 0.330 e. The van der Waals surface area contributed by atoms with Crippen LogP contribution in [0.25, 0.3) is 0 Å². The first-order valence-corrected chi connectivity index (χ1v) is 14.1. The molecule has 3 aromatic carbocycles. The first kappa shape index (κ1) is 27.7. The van der Waals surface area contributed by atoms with Crippen LogP contribution < -0.4 is 10.9 Å². The summed E-state index contributed by atoms with van der Waals surface area (Å²) in [5.74, 6) is -5.48. The van der Waals surface area contributed by atoms with Crippen molar-refractivity contribution in [1.29, 1.82) is 0 Å². The molecule has 0 saturated carbocycles. The molecule has 9 nitrogen and oxygen atoms in total. The van der Waals surface area contributed by atoms with E-state index in [1.165, 1.54) is 12.1 Å². The van der Waals surface area contributed by atoms with E-state index in [4.69, 9.17) is 16.3 Å². The molecule has 0 unspecified atom stereocenters. The number of esters is 1. The molecule has 7 rings (SSSR count). The highest BCUT2D eigenvalue weighted by Gasteiger charge is 2.63. The highest BCUT2D eigenvalue weighted by atomic mass is 35.5. The lowest BCUT2D eigenvalue weighted by Crippen LogP contribution is -2.50. The van der Waals surface area contributed by atoms with Gasteiger partial charge in [0, 0.05) is 11.8 Å². The summed E-state index contributed by atoms with van der Waals surface area (Å²) < 4.78 is 5.27. The molecule has 0 spiro atoms. The van der Waals surface area contributed by atoms with E-state index in [9.17, 15) is 24.0 Å². The SMILES string of the molecule is CC(C)[C@@H](C(=O)OCC(=O)NNC(=O)c1ccccc1Cl)N1C(=O)[C@@H]2C3c4ccccc4C(c4ccccc43)[C@@H]2C1=O. The lowest BCUT2D eigenvalue weighted by atomic mass is 9.55. The van der Waals surface area contributed by atoms with Gasteiger partial charge in [0.2, 0.25) is 11.8 Å². The first-order chi connectivity index (χ1) is 20.2. The Kier molecular flexibility index (Phi) is 7.06. The highest BCUT2D eigenvalue weighted by Crippen LogP contribution is 2.61. The Morgan fingerprint density at radius 2 is 1.26 bits per heavy atom. The summed E-state index contributed by atoms with van der Waals surface area (Å²) in [6, 6.07) is 20.9. The Bertz CT molecular complexity index is 1520. The van der Waals surface area contributed by atoms with Crippen LogP contribution in [0, 0.1) is 17.8 Å². The van der Waals surface area contributed by atoms with Gasteiger partial charge in [0.15, 0.2) is 6.61 Å². The first-order valence-electron chi connectivity index (χ1n) is 13.8. The standard InChI is InChI=1S/C32H28ClN3O6/c1-16(2)28(32(41)42-15-23(37)34-35-29(38)21-13-7-8-14-22(21)33)36-30(39)26-24-17-9-3-4-10-18(17)25(27(26)31(36)40)20-12-6-5-11-19(20)24/h3-14,16,24-28H,15H2,1-2H3,(H,34,37)(H,35,38)/t24?,25?,26-,27+,28-/m0/s1. The van der Waals surface area contributed by atoms with Gasteiger partial charge in [0.25, 0.3) is 11.8 Å². The number of carbonyl (C=O) groups is 5. The summed E-state index contributed by atoms with van der Waals surface area (Å²) in [7, 11) is 0. The van der Waals surface area contributed by atoms with E-state index < -0.39 is 60.0 Å². The van der Waals surface area contributed by atoms with Gasteiger partial charge in [-0.2, -0.15) is 0 Å². The van der Waals surface area contributed by atoms with Crippen LogP contribution in [0.4, 0.5) is 0 Å². The second-order valence-electron chi connectivity index (χ2n) is 11.1. The molecule has 4 aliphatic rings. The summed E-state index contributed by atoms with van der Waals surface area (Å²) in [5.41, 5.74) is 8.68. The predicted octanol–water partition coefficient (Wildman–Crippen LogP) is 3.56. The van der Waals surface area contributed by atoms with Crippen molar-refractivity contribution in [2.24, 2.45) is 17.8 Å². The second kappa shape index (κ2) is 10.7. The lowest BCUT2D eigenvalue weighted by Gasteiger charge is -2.45. The fourth-order valence-corrected chi connectivity index (χ4v) is 6.97. The van der Waals surface area contributed by atoms with Crippen LogP contribution in [0.2, 0.25) is 5.02 Å². The molecule has 3 aromatic rings. The molecule has 1 aliphatic heterocycles. The maximum Gasteiger partial charge on any atom is 0.330 e. The van der Waals surface area contributed by atoms with Crippen LogP contribution >= 0.6 is 11.6 Å². The molecular formula is C32H28ClN3O6. The zero-order valence-corrected chi connectivity index (χ0v) is 23.6. The van der Waals surface area contributed by atoms with Gasteiger partial charge in [-0.3, -0.25) is 34.9 Å². The molecule has 1 fully saturated rings. The third-order valence-electron chi connectivity index (χ3n) is 8.41. The molecular weight excluding hydrogens is 558 g/mol. The van der Waals surface area contributed by atoms with Crippen LogP contribution in [-0.2, 0) is 23.9 Å². The molecule has 0 radical (unpaired) electrons. The van der Waals surface area contributed by atoms with Crippen molar-refractivity contribution in [2.75, 3.05) is 6.61 Å². The number of imide groups is 1. The number of halogens is 1. The fourth-order valence-electron chi connectivity index (χ4n) is 6.75. The van der Waals surface area contributed by atoms with Crippen LogP contribution in [-0.4, -0.2) is 47.1 Å². The van der Waals surface area contributed by atoms with Crippen LogP contribution in [0.5, 0.6) is 0 Å². The summed E-state index contributed by atoms with van der Waals surface area (Å²) in [4.78, 5) is 67.2. The molecule has 2 N–H and O–H groups in total. The fraction of sp³-hybridized carbons (Fsp3) is 0.281. The minimum absolute atomic E-state index is 0.155. The van der Waals surface area contributed by atoms with E-state index >= 15 is 0 Å². The molecule has 1 saturated heterocycles. The number of nitrogens with zero attached hydrogens (tertiary/aromatic N) is 1. The molecule has 0 aromatic heterocycles. The monoisotopic (exact) mass is 585 g/mol. The highest BCUT2D eigenvalue weighted by molar-refractivity contribution is 6.33. The van der Waals surface area contributed by atoms with Gasteiger partial charge in [0.1, 0.15) is 6.04 Å². The summed E-state index contributed by atoms with van der Waals surface area (Å²) in [5, 5.41) is 0.204. The van der Waals surface area contributed by atoms with Gasteiger partial charge in [-0.25, -0.2) is 4.79 Å². The Morgan fingerprint density at radius 1 is 0.786 bits per heavy atom. The Labute approximate surface area is 247 Å². The quantitative estimate of drug-likeness (QED) is 0.259. The van der Waals surface area contributed by atoms with Crippen molar-refractivity contribution < 1.29 is 28.7 Å². The molecule has 214 valence electrons. The number of likely N-dealkylation sites (tertiary alicyclic amines) is 1. The van der Waals surface area contributed by atoms with E-state index in [1.54, 1.807) is 26.0 Å². The van der Waals surface area contributed by atoms with Crippen LogP contribution in [0.15, 0.2) is 72.8 Å². The van der Waals surface area contributed by atoms with E-state index in [0.717, 1.165) is 27.2 Å². The summed E-state index contributed by atoms with van der Waals surface area (Å²) >= 11 is 6.00. The van der Waals surface area contributed by atoms with Crippen molar-refractivity contribution in [3.63, 3.8) is 0 Å². The summed E-state index contributed by atoms with van der Waals surface area (Å²) in [6.07, 6.45) is 0.